The summed E-state index contributed by atoms with van der Waals surface area (Å²) in [5.74, 6) is 0. The van der Waals surface area contributed by atoms with Crippen LogP contribution < -0.4 is 5.73 Å². The van der Waals surface area contributed by atoms with Crippen molar-refractivity contribution in [3.8, 4) is 0 Å². The highest BCUT2D eigenvalue weighted by molar-refractivity contribution is 5.77. The van der Waals surface area contributed by atoms with E-state index in [1.807, 2.05) is 36.5 Å². The molecule has 0 saturated carbocycles. The van der Waals surface area contributed by atoms with Crippen molar-refractivity contribution in [2.75, 3.05) is 0 Å². The number of nitrogens with zero attached hydrogens (tertiary/aromatic N) is 3. The summed E-state index contributed by atoms with van der Waals surface area (Å²) >= 11 is 0. The minimum absolute atomic E-state index is 0.407. The van der Waals surface area contributed by atoms with E-state index in [2.05, 4.69) is 34.4 Å². The SMILES string of the molecule is NC(=O)n1ncc2c1CC(c1ccccc1)(c1cccnc1)C=C2. The lowest BCUT2D eigenvalue weighted by molar-refractivity contribution is 0.246. The smallest absolute Gasteiger partial charge is 0.339 e. The molecule has 1 aliphatic rings. The minimum atomic E-state index is -0.570. The van der Waals surface area contributed by atoms with Gasteiger partial charge in [-0.1, -0.05) is 48.6 Å². The lowest BCUT2D eigenvalue weighted by Gasteiger charge is -2.34. The highest BCUT2D eigenvalue weighted by atomic mass is 16.2. The van der Waals surface area contributed by atoms with Crippen LogP contribution >= 0.6 is 0 Å². The number of hydrogen-bond acceptors (Lipinski definition) is 3. The summed E-state index contributed by atoms with van der Waals surface area (Å²) in [7, 11) is 0. The van der Waals surface area contributed by atoms with E-state index in [0.717, 1.165) is 22.4 Å². The molecule has 1 amide bonds. The Morgan fingerprint density at radius 1 is 1.08 bits per heavy atom. The van der Waals surface area contributed by atoms with Gasteiger partial charge in [0.1, 0.15) is 0 Å². The van der Waals surface area contributed by atoms with Gasteiger partial charge in [0.05, 0.1) is 11.9 Å². The van der Waals surface area contributed by atoms with Gasteiger partial charge in [0, 0.05) is 29.8 Å². The molecule has 2 N–H and O–H groups in total. The second-order valence-electron chi connectivity index (χ2n) is 5.89. The van der Waals surface area contributed by atoms with Crippen molar-refractivity contribution in [3.63, 3.8) is 0 Å². The van der Waals surface area contributed by atoms with Crippen LogP contribution in [0.2, 0.25) is 0 Å². The molecular formula is C19H16N4O. The van der Waals surface area contributed by atoms with E-state index in [4.69, 9.17) is 5.73 Å². The number of nitrogens with two attached hydrogens (primary N) is 1. The van der Waals surface area contributed by atoms with Gasteiger partial charge in [0.2, 0.25) is 0 Å². The number of amides is 1. The van der Waals surface area contributed by atoms with Gasteiger partial charge < -0.3 is 5.73 Å². The second-order valence-corrected chi connectivity index (χ2v) is 5.89. The number of benzene rings is 1. The topological polar surface area (TPSA) is 73.8 Å². The number of aromatic nitrogens is 3. The maximum atomic E-state index is 11.7. The molecule has 1 unspecified atom stereocenters. The Labute approximate surface area is 139 Å². The Kier molecular flexibility index (Phi) is 3.27. The molecule has 2 aromatic heterocycles. The minimum Gasteiger partial charge on any atom is -0.350 e. The fourth-order valence-corrected chi connectivity index (χ4v) is 3.37. The molecule has 1 atom stereocenters. The lowest BCUT2D eigenvalue weighted by Crippen LogP contribution is -2.33. The van der Waals surface area contributed by atoms with E-state index in [-0.39, 0.29) is 0 Å². The van der Waals surface area contributed by atoms with E-state index in [1.54, 1.807) is 12.4 Å². The molecule has 0 radical (unpaired) electrons. The van der Waals surface area contributed by atoms with E-state index in [9.17, 15) is 4.79 Å². The second kappa shape index (κ2) is 5.45. The summed E-state index contributed by atoms with van der Waals surface area (Å²) in [6.07, 6.45) is 10.1. The number of hydrogen-bond donors (Lipinski definition) is 1. The molecule has 1 aliphatic carbocycles. The molecule has 0 fully saturated rings. The Morgan fingerprint density at radius 2 is 1.88 bits per heavy atom. The number of fused-ring (bicyclic) bond motifs is 1. The Morgan fingerprint density at radius 3 is 2.58 bits per heavy atom. The molecule has 0 saturated heterocycles. The quantitative estimate of drug-likeness (QED) is 0.790. The molecule has 4 rings (SSSR count). The zero-order chi connectivity index (χ0) is 16.6. The summed E-state index contributed by atoms with van der Waals surface area (Å²) in [6, 6.07) is 13.6. The Bertz CT molecular complexity index is 874. The first kappa shape index (κ1) is 14.4. The zero-order valence-corrected chi connectivity index (χ0v) is 13.0. The van der Waals surface area contributed by atoms with Crippen molar-refractivity contribution in [2.45, 2.75) is 11.8 Å². The number of allylic oxidation sites excluding steroid dienone is 1. The van der Waals surface area contributed by atoms with Crippen LogP contribution in [0.3, 0.4) is 0 Å². The molecular weight excluding hydrogens is 300 g/mol. The Hall–Kier alpha value is -3.21. The van der Waals surface area contributed by atoms with Crippen LogP contribution in [0.4, 0.5) is 4.79 Å². The van der Waals surface area contributed by atoms with E-state index >= 15 is 0 Å². The van der Waals surface area contributed by atoms with Gasteiger partial charge in [-0.2, -0.15) is 9.78 Å². The van der Waals surface area contributed by atoms with Crippen molar-refractivity contribution >= 4 is 12.1 Å². The van der Waals surface area contributed by atoms with Crippen LogP contribution in [-0.4, -0.2) is 20.8 Å². The number of carbonyl (C=O) groups is 1. The van der Waals surface area contributed by atoms with Gasteiger partial charge >= 0.3 is 6.03 Å². The number of primary amides is 1. The van der Waals surface area contributed by atoms with E-state index < -0.39 is 11.4 Å². The van der Waals surface area contributed by atoms with E-state index in [1.165, 1.54) is 4.68 Å². The summed E-state index contributed by atoms with van der Waals surface area (Å²) in [4.78, 5) is 16.0. The average Bonchev–Trinajstić information content (AvgIpc) is 3.06. The third kappa shape index (κ3) is 2.13. The van der Waals surface area contributed by atoms with Gasteiger partial charge in [0.25, 0.3) is 0 Å². The first-order valence-electron chi connectivity index (χ1n) is 7.73. The van der Waals surface area contributed by atoms with Gasteiger partial charge in [-0.15, -0.1) is 0 Å². The fraction of sp³-hybridized carbons (Fsp3) is 0.105. The fourth-order valence-electron chi connectivity index (χ4n) is 3.37. The molecule has 5 nitrogen and oxygen atoms in total. The van der Waals surface area contributed by atoms with Crippen LogP contribution in [0.1, 0.15) is 22.4 Å². The predicted molar refractivity (Wildman–Crippen MR) is 91.4 cm³/mol. The largest absolute Gasteiger partial charge is 0.350 e. The molecule has 1 aromatic carbocycles. The summed E-state index contributed by atoms with van der Waals surface area (Å²) < 4.78 is 1.28. The molecule has 118 valence electrons. The normalized spacial score (nSPS) is 19.0. The van der Waals surface area contributed by atoms with Crippen LogP contribution in [0.15, 0.2) is 67.1 Å². The van der Waals surface area contributed by atoms with Crippen molar-refractivity contribution in [3.05, 3.63) is 89.5 Å². The van der Waals surface area contributed by atoms with Crippen molar-refractivity contribution in [1.29, 1.82) is 0 Å². The zero-order valence-electron chi connectivity index (χ0n) is 13.0. The molecule has 24 heavy (non-hydrogen) atoms. The van der Waals surface area contributed by atoms with Crippen molar-refractivity contribution < 1.29 is 4.79 Å². The lowest BCUT2D eigenvalue weighted by atomic mass is 9.69. The molecule has 0 aliphatic heterocycles. The van der Waals surface area contributed by atoms with Crippen molar-refractivity contribution in [1.82, 2.24) is 14.8 Å². The average molecular weight is 316 g/mol. The van der Waals surface area contributed by atoms with Gasteiger partial charge in [-0.25, -0.2) is 4.79 Å². The first-order valence-corrected chi connectivity index (χ1v) is 7.73. The number of pyridine rings is 1. The molecule has 0 bridgehead atoms. The third-order valence-corrected chi connectivity index (χ3v) is 4.57. The van der Waals surface area contributed by atoms with Crippen LogP contribution in [0.25, 0.3) is 6.08 Å². The molecule has 3 aromatic rings. The molecule has 2 heterocycles. The van der Waals surface area contributed by atoms with E-state index in [0.29, 0.717) is 6.42 Å². The Balaban J connectivity index is 1.93. The first-order chi connectivity index (χ1) is 11.7. The third-order valence-electron chi connectivity index (χ3n) is 4.57. The summed E-state index contributed by atoms with van der Waals surface area (Å²) in [5, 5.41) is 4.13. The van der Waals surface area contributed by atoms with Gasteiger partial charge in [-0.3, -0.25) is 4.98 Å². The summed E-state index contributed by atoms with van der Waals surface area (Å²) in [6.45, 7) is 0. The van der Waals surface area contributed by atoms with Gasteiger partial charge in [-0.05, 0) is 17.2 Å². The maximum absolute atomic E-state index is 11.7. The summed E-state index contributed by atoms with van der Waals surface area (Å²) in [5.41, 5.74) is 9.01. The van der Waals surface area contributed by atoms with Crippen molar-refractivity contribution in [2.24, 2.45) is 5.73 Å². The standard InChI is InChI=1S/C19H16N4O/c20-18(24)23-17-11-19(9-8-14(17)12-22-23,15-5-2-1-3-6-15)16-7-4-10-21-13-16/h1-10,12-13H,11H2,(H2,20,24). The van der Waals surface area contributed by atoms with Crippen LogP contribution in [-0.2, 0) is 11.8 Å². The van der Waals surface area contributed by atoms with Gasteiger partial charge in [0.15, 0.2) is 0 Å². The van der Waals surface area contributed by atoms with Crippen LogP contribution in [0, 0.1) is 0 Å². The predicted octanol–water partition coefficient (Wildman–Crippen LogP) is 2.76. The van der Waals surface area contributed by atoms with Crippen LogP contribution in [0.5, 0.6) is 0 Å². The number of carbonyl (C=O) groups excluding carboxylic acids is 1. The highest BCUT2D eigenvalue weighted by Crippen LogP contribution is 2.41. The monoisotopic (exact) mass is 316 g/mol. The number of rotatable bonds is 2. The molecule has 0 spiro atoms. The maximum Gasteiger partial charge on any atom is 0.339 e. The molecule has 5 heteroatoms. The highest BCUT2D eigenvalue weighted by Gasteiger charge is 2.37.